The molecule has 0 unspecified atom stereocenters. The molecule has 0 saturated carbocycles. The van der Waals surface area contributed by atoms with E-state index in [-0.39, 0.29) is 0 Å². The number of nitrogens with zero attached hydrogens (tertiary/aromatic N) is 4. The van der Waals surface area contributed by atoms with Gasteiger partial charge in [0.05, 0.1) is 12.8 Å². The fourth-order valence-corrected chi connectivity index (χ4v) is 1.85. The summed E-state index contributed by atoms with van der Waals surface area (Å²) in [4.78, 5) is 0. The van der Waals surface area contributed by atoms with Crippen molar-refractivity contribution in [3.8, 4) is 17.5 Å². The Kier molecular flexibility index (Phi) is 3.58. The van der Waals surface area contributed by atoms with E-state index >= 15 is 0 Å². The molecule has 18 heavy (non-hydrogen) atoms. The Labute approximate surface area is 106 Å². The van der Waals surface area contributed by atoms with Crippen LogP contribution in [0.25, 0.3) is 5.69 Å². The molecule has 0 N–H and O–H groups in total. The molecular formula is C13H14N4O. The highest BCUT2D eigenvalue weighted by Crippen LogP contribution is 2.23. The molecule has 1 aromatic carbocycles. The molecule has 5 nitrogen and oxygen atoms in total. The lowest BCUT2D eigenvalue weighted by Gasteiger charge is -2.09. The topological polar surface area (TPSA) is 63.7 Å². The lowest BCUT2D eigenvalue weighted by Crippen LogP contribution is -2.05. The Morgan fingerprint density at radius 2 is 2.17 bits per heavy atom. The number of nitriles is 1. The lowest BCUT2D eigenvalue weighted by molar-refractivity contribution is 0.411. The van der Waals surface area contributed by atoms with Crippen molar-refractivity contribution in [1.82, 2.24) is 15.0 Å². The van der Waals surface area contributed by atoms with E-state index in [0.29, 0.717) is 11.4 Å². The Balaban J connectivity index is 2.57. The third-order valence-corrected chi connectivity index (χ3v) is 2.67. The molecule has 0 atom stereocenters. The van der Waals surface area contributed by atoms with Crippen LogP contribution in [0.2, 0.25) is 0 Å². The number of rotatable bonds is 4. The average molecular weight is 242 g/mol. The van der Waals surface area contributed by atoms with Gasteiger partial charge in [0.2, 0.25) is 0 Å². The van der Waals surface area contributed by atoms with Crippen molar-refractivity contribution in [3.05, 3.63) is 35.7 Å². The fourth-order valence-electron chi connectivity index (χ4n) is 1.85. The van der Waals surface area contributed by atoms with Gasteiger partial charge in [-0.25, -0.2) is 4.68 Å². The summed E-state index contributed by atoms with van der Waals surface area (Å²) in [6.45, 7) is 2.06. The zero-order chi connectivity index (χ0) is 13.0. The van der Waals surface area contributed by atoms with Gasteiger partial charge < -0.3 is 4.74 Å². The van der Waals surface area contributed by atoms with Crippen LogP contribution < -0.4 is 4.74 Å². The van der Waals surface area contributed by atoms with Crippen LogP contribution in [0.3, 0.4) is 0 Å². The van der Waals surface area contributed by atoms with Crippen LogP contribution >= 0.6 is 0 Å². The summed E-state index contributed by atoms with van der Waals surface area (Å²) >= 11 is 0. The maximum atomic E-state index is 9.03. The molecule has 0 aliphatic rings. The lowest BCUT2D eigenvalue weighted by atomic mass is 10.2. The van der Waals surface area contributed by atoms with Crippen molar-refractivity contribution in [2.24, 2.45) is 0 Å². The number of para-hydroxylation sites is 2. The Bertz CT molecular complexity index is 583. The summed E-state index contributed by atoms with van der Waals surface area (Å²) in [7, 11) is 1.61. The molecule has 2 aromatic rings. The van der Waals surface area contributed by atoms with Crippen molar-refractivity contribution in [3.63, 3.8) is 0 Å². The molecule has 1 heterocycles. The monoisotopic (exact) mass is 242 g/mol. The second-order valence-corrected chi connectivity index (χ2v) is 3.83. The highest BCUT2D eigenvalue weighted by molar-refractivity contribution is 5.47. The number of methoxy groups -OCH3 is 1. The standard InChI is InChI=1S/C13H14N4O/c1-3-6-11-10(9-14)15-16-17(11)12-7-4-5-8-13(12)18-2/h4-5,7-8H,3,6H2,1-2H3. The Morgan fingerprint density at radius 3 is 2.83 bits per heavy atom. The van der Waals surface area contributed by atoms with Gasteiger partial charge in [-0.15, -0.1) is 5.10 Å². The first-order valence-electron chi connectivity index (χ1n) is 5.79. The third-order valence-electron chi connectivity index (χ3n) is 2.67. The first kappa shape index (κ1) is 12.1. The van der Waals surface area contributed by atoms with E-state index in [1.165, 1.54) is 0 Å². The maximum absolute atomic E-state index is 9.03. The molecule has 0 fully saturated rings. The number of ether oxygens (including phenoxy) is 1. The van der Waals surface area contributed by atoms with Crippen LogP contribution in [0, 0.1) is 11.3 Å². The summed E-state index contributed by atoms with van der Waals surface area (Å²) in [5, 5.41) is 17.0. The first-order chi connectivity index (χ1) is 8.81. The SMILES string of the molecule is CCCc1c(C#N)nnn1-c1ccccc1OC. The largest absolute Gasteiger partial charge is 0.494 e. The summed E-state index contributed by atoms with van der Waals surface area (Å²) in [6, 6.07) is 9.63. The van der Waals surface area contributed by atoms with Gasteiger partial charge in [-0.05, 0) is 18.6 Å². The van der Waals surface area contributed by atoms with Crippen molar-refractivity contribution in [1.29, 1.82) is 5.26 Å². The summed E-state index contributed by atoms with van der Waals surface area (Å²) < 4.78 is 6.99. The van der Waals surface area contributed by atoms with E-state index in [2.05, 4.69) is 23.3 Å². The molecular weight excluding hydrogens is 228 g/mol. The molecule has 5 heteroatoms. The number of hydrogen-bond donors (Lipinski definition) is 0. The highest BCUT2D eigenvalue weighted by Gasteiger charge is 2.15. The summed E-state index contributed by atoms with van der Waals surface area (Å²) in [5.74, 6) is 0.712. The molecule has 0 saturated heterocycles. The van der Waals surface area contributed by atoms with Crippen molar-refractivity contribution in [2.75, 3.05) is 7.11 Å². The van der Waals surface area contributed by atoms with Crippen LogP contribution in [0.4, 0.5) is 0 Å². The van der Waals surface area contributed by atoms with Gasteiger partial charge in [0.25, 0.3) is 0 Å². The van der Waals surface area contributed by atoms with E-state index < -0.39 is 0 Å². The zero-order valence-corrected chi connectivity index (χ0v) is 10.4. The minimum Gasteiger partial charge on any atom is -0.494 e. The van der Waals surface area contributed by atoms with E-state index in [9.17, 15) is 0 Å². The van der Waals surface area contributed by atoms with Gasteiger partial charge in [-0.1, -0.05) is 30.7 Å². The average Bonchev–Trinajstić information content (AvgIpc) is 2.82. The van der Waals surface area contributed by atoms with Crippen LogP contribution in [0.15, 0.2) is 24.3 Å². The first-order valence-corrected chi connectivity index (χ1v) is 5.79. The third kappa shape index (κ3) is 2.05. The smallest absolute Gasteiger partial charge is 0.186 e. The number of aromatic nitrogens is 3. The molecule has 92 valence electrons. The van der Waals surface area contributed by atoms with E-state index in [1.54, 1.807) is 11.8 Å². The van der Waals surface area contributed by atoms with Crippen LogP contribution in [0.1, 0.15) is 24.7 Å². The second kappa shape index (κ2) is 5.32. The van der Waals surface area contributed by atoms with Gasteiger partial charge in [-0.2, -0.15) is 5.26 Å². The van der Waals surface area contributed by atoms with Gasteiger partial charge in [-0.3, -0.25) is 0 Å². The van der Waals surface area contributed by atoms with E-state index in [0.717, 1.165) is 24.2 Å². The quantitative estimate of drug-likeness (QED) is 0.823. The van der Waals surface area contributed by atoms with Crippen LogP contribution in [0.5, 0.6) is 5.75 Å². The summed E-state index contributed by atoms with van der Waals surface area (Å²) in [5.41, 5.74) is 2.00. The Morgan fingerprint density at radius 1 is 1.39 bits per heavy atom. The number of hydrogen-bond acceptors (Lipinski definition) is 4. The molecule has 0 aliphatic carbocycles. The minimum absolute atomic E-state index is 0.378. The fraction of sp³-hybridized carbons (Fsp3) is 0.308. The molecule has 0 bridgehead atoms. The molecule has 0 spiro atoms. The molecule has 2 rings (SSSR count). The van der Waals surface area contributed by atoms with Gasteiger partial charge in [0, 0.05) is 0 Å². The normalized spacial score (nSPS) is 10.1. The molecule has 0 radical (unpaired) electrons. The minimum atomic E-state index is 0.378. The van der Waals surface area contributed by atoms with Gasteiger partial charge >= 0.3 is 0 Å². The molecule has 0 amide bonds. The molecule has 0 aliphatic heterocycles. The van der Waals surface area contributed by atoms with E-state index in [1.807, 2.05) is 24.3 Å². The van der Waals surface area contributed by atoms with E-state index in [4.69, 9.17) is 10.00 Å². The predicted octanol–water partition coefficient (Wildman–Crippen LogP) is 2.10. The maximum Gasteiger partial charge on any atom is 0.186 e. The predicted molar refractivity (Wildman–Crippen MR) is 66.6 cm³/mol. The highest BCUT2D eigenvalue weighted by atomic mass is 16.5. The summed E-state index contributed by atoms with van der Waals surface area (Å²) in [6.07, 6.45) is 1.69. The second-order valence-electron chi connectivity index (χ2n) is 3.83. The molecule has 1 aromatic heterocycles. The van der Waals surface area contributed by atoms with Crippen molar-refractivity contribution >= 4 is 0 Å². The van der Waals surface area contributed by atoms with Crippen LogP contribution in [-0.4, -0.2) is 22.1 Å². The Hall–Kier alpha value is -2.35. The number of benzene rings is 1. The van der Waals surface area contributed by atoms with Crippen molar-refractivity contribution < 1.29 is 4.74 Å². The van der Waals surface area contributed by atoms with Crippen molar-refractivity contribution in [2.45, 2.75) is 19.8 Å². The van der Waals surface area contributed by atoms with Gasteiger partial charge in [0.1, 0.15) is 17.5 Å². The zero-order valence-electron chi connectivity index (χ0n) is 10.4. The van der Waals surface area contributed by atoms with Gasteiger partial charge in [0.15, 0.2) is 5.69 Å². The van der Waals surface area contributed by atoms with Crippen LogP contribution in [-0.2, 0) is 6.42 Å².